The summed E-state index contributed by atoms with van der Waals surface area (Å²) in [5.41, 5.74) is 4.87. The molecule has 0 fully saturated rings. The number of aromatic hydroxyl groups is 1. The number of phenolic OH excluding ortho intramolecular Hbond substituents is 1. The van der Waals surface area contributed by atoms with Crippen LogP contribution in [-0.4, -0.2) is 23.4 Å². The first-order chi connectivity index (χ1) is 15.2. The molecule has 0 unspecified atom stereocenters. The van der Waals surface area contributed by atoms with Crippen LogP contribution in [0.4, 0.5) is 5.69 Å². The van der Waals surface area contributed by atoms with E-state index in [1.807, 2.05) is 30.3 Å². The van der Waals surface area contributed by atoms with E-state index < -0.39 is 0 Å². The van der Waals surface area contributed by atoms with E-state index in [4.69, 9.17) is 9.15 Å². The molecule has 3 aromatic carbocycles. The minimum absolute atomic E-state index is 0.00910. The van der Waals surface area contributed by atoms with Crippen LogP contribution >= 0.6 is 31.9 Å². The van der Waals surface area contributed by atoms with Gasteiger partial charge in [0.25, 0.3) is 0 Å². The summed E-state index contributed by atoms with van der Waals surface area (Å²) in [5.74, 6) is 0.934. The highest BCUT2D eigenvalue weighted by Crippen LogP contribution is 2.39. The second-order valence-electron chi connectivity index (χ2n) is 8.39. The Morgan fingerprint density at radius 1 is 1.06 bits per heavy atom. The summed E-state index contributed by atoms with van der Waals surface area (Å²) in [6, 6.07) is 15.5. The van der Waals surface area contributed by atoms with Crippen LogP contribution in [0.15, 0.2) is 66.9 Å². The topological polar surface area (TPSA) is 67.9 Å². The number of rotatable bonds is 4. The maximum atomic E-state index is 10.4. The third-order valence-corrected chi connectivity index (χ3v) is 7.14. The number of hydrogen-bond donors (Lipinski definition) is 1. The van der Waals surface area contributed by atoms with E-state index in [1.54, 1.807) is 12.3 Å². The van der Waals surface area contributed by atoms with Crippen molar-refractivity contribution < 1.29 is 14.3 Å². The molecule has 4 aromatic rings. The minimum atomic E-state index is 0.00910. The van der Waals surface area contributed by atoms with Crippen molar-refractivity contribution in [1.29, 1.82) is 0 Å². The van der Waals surface area contributed by atoms with E-state index in [9.17, 15) is 5.11 Å². The number of aromatic nitrogens is 1. The Bertz CT molecular complexity index is 1320. The summed E-state index contributed by atoms with van der Waals surface area (Å²) in [4.78, 5) is 9.15. The molecule has 0 saturated carbocycles. The predicted molar refractivity (Wildman–Crippen MR) is 135 cm³/mol. The van der Waals surface area contributed by atoms with Crippen molar-refractivity contribution in [3.63, 3.8) is 0 Å². The number of nitrogens with zero attached hydrogens (tertiary/aromatic N) is 2. The van der Waals surface area contributed by atoms with Crippen molar-refractivity contribution in [3.05, 3.63) is 68.6 Å². The fourth-order valence-corrected chi connectivity index (χ4v) is 4.08. The van der Waals surface area contributed by atoms with E-state index in [2.05, 4.69) is 74.7 Å². The second kappa shape index (κ2) is 8.71. The molecule has 0 amide bonds. The SMILES string of the molecule is COc1cc(Br)c(Br)c(C=Nc2ccc3oc(-c4ccc(C(C)(C)C)cc4)nc3c2)c1O. The molecule has 0 bridgehead atoms. The van der Waals surface area contributed by atoms with Crippen molar-refractivity contribution in [2.24, 2.45) is 4.99 Å². The van der Waals surface area contributed by atoms with Crippen LogP contribution in [0.25, 0.3) is 22.6 Å². The molecule has 0 aliphatic carbocycles. The smallest absolute Gasteiger partial charge is 0.227 e. The predicted octanol–water partition coefficient (Wildman–Crippen LogP) is 7.78. The van der Waals surface area contributed by atoms with Crippen molar-refractivity contribution in [2.45, 2.75) is 26.2 Å². The molecule has 0 atom stereocenters. The lowest BCUT2D eigenvalue weighted by Gasteiger charge is -2.18. The Kier molecular flexibility index (Phi) is 6.14. The fourth-order valence-electron chi connectivity index (χ4n) is 3.26. The average molecular weight is 558 g/mol. The Balaban J connectivity index is 1.65. The van der Waals surface area contributed by atoms with Gasteiger partial charge in [-0.2, -0.15) is 0 Å². The fraction of sp³-hybridized carbons (Fsp3) is 0.200. The zero-order valence-electron chi connectivity index (χ0n) is 18.1. The average Bonchev–Trinajstić information content (AvgIpc) is 3.19. The van der Waals surface area contributed by atoms with Gasteiger partial charge in [0.15, 0.2) is 17.1 Å². The minimum Gasteiger partial charge on any atom is -0.504 e. The zero-order valence-corrected chi connectivity index (χ0v) is 21.3. The Labute approximate surface area is 203 Å². The second-order valence-corrected chi connectivity index (χ2v) is 10.0. The molecule has 32 heavy (non-hydrogen) atoms. The molecule has 0 radical (unpaired) electrons. The lowest BCUT2D eigenvalue weighted by Crippen LogP contribution is -2.10. The van der Waals surface area contributed by atoms with Gasteiger partial charge in [0.1, 0.15) is 5.52 Å². The van der Waals surface area contributed by atoms with Gasteiger partial charge < -0.3 is 14.3 Å². The van der Waals surface area contributed by atoms with Crippen LogP contribution in [-0.2, 0) is 5.41 Å². The van der Waals surface area contributed by atoms with E-state index in [1.165, 1.54) is 12.7 Å². The maximum absolute atomic E-state index is 10.4. The van der Waals surface area contributed by atoms with Gasteiger partial charge in [0.05, 0.1) is 18.4 Å². The normalized spacial score (nSPS) is 12.1. The monoisotopic (exact) mass is 556 g/mol. The number of ether oxygens (including phenoxy) is 1. The third kappa shape index (κ3) is 4.45. The van der Waals surface area contributed by atoms with Gasteiger partial charge in [-0.15, -0.1) is 0 Å². The number of hydrogen-bond acceptors (Lipinski definition) is 5. The van der Waals surface area contributed by atoms with Gasteiger partial charge in [-0.3, -0.25) is 4.99 Å². The first-order valence-electron chi connectivity index (χ1n) is 9.98. The van der Waals surface area contributed by atoms with E-state index in [0.717, 1.165) is 10.0 Å². The van der Waals surface area contributed by atoms with Crippen molar-refractivity contribution in [3.8, 4) is 23.0 Å². The van der Waals surface area contributed by atoms with Gasteiger partial charge in [-0.1, -0.05) is 32.9 Å². The highest BCUT2D eigenvalue weighted by molar-refractivity contribution is 9.13. The van der Waals surface area contributed by atoms with Crippen molar-refractivity contribution in [1.82, 2.24) is 4.98 Å². The van der Waals surface area contributed by atoms with E-state index in [0.29, 0.717) is 38.5 Å². The summed E-state index contributed by atoms with van der Waals surface area (Å²) in [6.45, 7) is 6.56. The van der Waals surface area contributed by atoms with E-state index in [-0.39, 0.29) is 11.2 Å². The third-order valence-electron chi connectivity index (χ3n) is 5.12. The molecule has 0 spiro atoms. The summed E-state index contributed by atoms with van der Waals surface area (Å²) < 4.78 is 12.6. The molecule has 1 heterocycles. The molecule has 0 aliphatic heterocycles. The molecular weight excluding hydrogens is 536 g/mol. The molecule has 0 saturated heterocycles. The van der Waals surface area contributed by atoms with Crippen LogP contribution in [0.1, 0.15) is 31.9 Å². The Morgan fingerprint density at radius 2 is 1.78 bits per heavy atom. The number of aliphatic imine (C=N–C) groups is 1. The largest absolute Gasteiger partial charge is 0.504 e. The van der Waals surface area contributed by atoms with Crippen molar-refractivity contribution in [2.75, 3.05) is 7.11 Å². The lowest BCUT2D eigenvalue weighted by molar-refractivity contribution is 0.372. The van der Waals surface area contributed by atoms with Gasteiger partial charge in [0, 0.05) is 20.7 Å². The summed E-state index contributed by atoms with van der Waals surface area (Å²) in [7, 11) is 1.50. The molecule has 164 valence electrons. The van der Waals surface area contributed by atoms with Crippen LogP contribution in [0.2, 0.25) is 0 Å². The number of halogens is 2. The number of benzene rings is 3. The molecule has 0 aliphatic rings. The van der Waals surface area contributed by atoms with Gasteiger partial charge >= 0.3 is 0 Å². The molecule has 1 aromatic heterocycles. The molecule has 1 N–H and O–H groups in total. The Morgan fingerprint density at radius 3 is 2.44 bits per heavy atom. The quantitative estimate of drug-likeness (QED) is 0.260. The number of fused-ring (bicyclic) bond motifs is 1. The molecular formula is C25H22Br2N2O3. The molecule has 4 rings (SSSR count). The summed E-state index contributed by atoms with van der Waals surface area (Å²) >= 11 is 6.92. The van der Waals surface area contributed by atoms with Gasteiger partial charge in [0.2, 0.25) is 5.89 Å². The van der Waals surface area contributed by atoms with Crippen LogP contribution in [0, 0.1) is 0 Å². The summed E-state index contributed by atoms with van der Waals surface area (Å²) in [5, 5.41) is 10.4. The number of oxazole rings is 1. The first kappa shape index (κ1) is 22.6. The summed E-state index contributed by atoms with van der Waals surface area (Å²) in [6.07, 6.45) is 1.58. The highest BCUT2D eigenvalue weighted by atomic mass is 79.9. The Hall–Kier alpha value is -2.64. The highest BCUT2D eigenvalue weighted by Gasteiger charge is 2.16. The lowest BCUT2D eigenvalue weighted by atomic mass is 9.87. The molecule has 7 heteroatoms. The molecule has 5 nitrogen and oxygen atoms in total. The number of phenols is 1. The maximum Gasteiger partial charge on any atom is 0.227 e. The zero-order chi connectivity index (χ0) is 23.0. The van der Waals surface area contributed by atoms with Crippen molar-refractivity contribution >= 4 is 54.9 Å². The standard InChI is InChI=1S/C25H22Br2N2O3/c1-25(2,3)15-7-5-14(6-8-15)24-29-19-11-16(9-10-20(19)32-24)28-13-17-22(27)18(26)12-21(31-4)23(17)30/h5-13,30H,1-4H3. The number of methoxy groups -OCH3 is 1. The van der Waals surface area contributed by atoms with E-state index >= 15 is 0 Å². The van der Waals surface area contributed by atoms with Crippen LogP contribution < -0.4 is 4.74 Å². The van der Waals surface area contributed by atoms with Gasteiger partial charge in [-0.25, -0.2) is 4.98 Å². The first-order valence-corrected chi connectivity index (χ1v) is 11.6. The van der Waals surface area contributed by atoms with Gasteiger partial charge in [-0.05, 0) is 79.2 Å². The van der Waals surface area contributed by atoms with Crippen LogP contribution in [0.5, 0.6) is 11.5 Å². The van der Waals surface area contributed by atoms with Crippen LogP contribution in [0.3, 0.4) is 0 Å².